The Bertz CT molecular complexity index is 509. The van der Waals surface area contributed by atoms with Crippen molar-refractivity contribution in [3.63, 3.8) is 0 Å². The molecule has 2 amide bonds. The molecule has 0 fully saturated rings. The number of ether oxygens (including phenoxy) is 2. The molecule has 0 atom stereocenters. The summed E-state index contributed by atoms with van der Waals surface area (Å²) in [4.78, 5) is 35.0. The molecule has 0 heterocycles. The summed E-state index contributed by atoms with van der Waals surface area (Å²) in [7, 11) is 2.16. The second kappa shape index (κ2) is 5.85. The molecule has 19 heavy (non-hydrogen) atoms. The van der Waals surface area contributed by atoms with E-state index in [1.807, 2.05) is 0 Å². The number of nitrogens with zero attached hydrogens (tertiary/aromatic N) is 1. The predicted octanol–water partition coefficient (Wildman–Crippen LogP) is 2.03. The Morgan fingerprint density at radius 2 is 1.63 bits per heavy atom. The van der Waals surface area contributed by atoms with Gasteiger partial charge in [0.25, 0.3) is 0 Å². The van der Waals surface area contributed by atoms with Crippen molar-refractivity contribution in [2.24, 2.45) is 0 Å². The van der Waals surface area contributed by atoms with Crippen molar-refractivity contribution in [1.29, 1.82) is 0 Å². The van der Waals surface area contributed by atoms with Crippen molar-refractivity contribution in [2.75, 3.05) is 19.1 Å². The molecule has 0 saturated heterocycles. The Kier molecular flexibility index (Phi) is 4.46. The smallest absolute Gasteiger partial charge is 0.423 e. The van der Waals surface area contributed by atoms with Crippen LogP contribution in [0, 0.1) is 6.92 Å². The first-order valence-electron chi connectivity index (χ1n) is 5.23. The average molecular weight is 267 g/mol. The van der Waals surface area contributed by atoms with E-state index >= 15 is 0 Å². The van der Waals surface area contributed by atoms with Gasteiger partial charge in [-0.05, 0) is 18.6 Å². The number of imide groups is 1. The van der Waals surface area contributed by atoms with Gasteiger partial charge >= 0.3 is 18.2 Å². The third kappa shape index (κ3) is 2.82. The highest BCUT2D eigenvalue weighted by atomic mass is 16.6. The van der Waals surface area contributed by atoms with Crippen molar-refractivity contribution in [1.82, 2.24) is 0 Å². The lowest BCUT2D eigenvalue weighted by molar-refractivity contribution is 0.0697. The quantitative estimate of drug-likeness (QED) is 0.881. The molecule has 0 spiro atoms. The third-order valence-electron chi connectivity index (χ3n) is 2.41. The van der Waals surface area contributed by atoms with Crippen LogP contribution in [0.3, 0.4) is 0 Å². The summed E-state index contributed by atoms with van der Waals surface area (Å²) in [5, 5.41) is 9.12. The molecule has 1 aromatic rings. The molecule has 0 radical (unpaired) electrons. The monoisotopic (exact) mass is 267 g/mol. The Morgan fingerprint density at radius 1 is 1.11 bits per heavy atom. The van der Waals surface area contributed by atoms with Crippen LogP contribution >= 0.6 is 0 Å². The topological polar surface area (TPSA) is 93.1 Å². The third-order valence-corrected chi connectivity index (χ3v) is 2.41. The number of benzene rings is 1. The summed E-state index contributed by atoms with van der Waals surface area (Å²) in [6.07, 6.45) is -2.05. The van der Waals surface area contributed by atoms with Crippen LogP contribution in [0.5, 0.6) is 0 Å². The van der Waals surface area contributed by atoms with E-state index < -0.39 is 18.2 Å². The molecule has 0 unspecified atom stereocenters. The number of hydrogen-bond acceptors (Lipinski definition) is 5. The van der Waals surface area contributed by atoms with Gasteiger partial charge in [-0.1, -0.05) is 12.1 Å². The van der Waals surface area contributed by atoms with Crippen LogP contribution in [0.4, 0.5) is 15.3 Å². The largest absolute Gasteiger partial charge is 0.478 e. The first-order valence-corrected chi connectivity index (χ1v) is 5.23. The summed E-state index contributed by atoms with van der Waals surface area (Å²) in [5.41, 5.74) is 0.153. The lowest BCUT2D eigenvalue weighted by Gasteiger charge is -2.21. The number of methoxy groups -OCH3 is 2. The first-order chi connectivity index (χ1) is 8.93. The van der Waals surface area contributed by atoms with E-state index in [4.69, 9.17) is 5.11 Å². The fourth-order valence-corrected chi connectivity index (χ4v) is 1.57. The van der Waals surface area contributed by atoms with Crippen molar-refractivity contribution >= 4 is 23.8 Å². The van der Waals surface area contributed by atoms with E-state index in [0.29, 0.717) is 10.5 Å². The van der Waals surface area contributed by atoms with Gasteiger partial charge in [0.1, 0.15) is 0 Å². The molecule has 0 aliphatic rings. The van der Waals surface area contributed by atoms with Gasteiger partial charge in [0.15, 0.2) is 0 Å². The van der Waals surface area contributed by atoms with E-state index in [2.05, 4.69) is 9.47 Å². The Hall–Kier alpha value is -2.57. The van der Waals surface area contributed by atoms with E-state index in [9.17, 15) is 14.4 Å². The van der Waals surface area contributed by atoms with Gasteiger partial charge < -0.3 is 14.6 Å². The highest BCUT2D eigenvalue weighted by Crippen LogP contribution is 2.26. The van der Waals surface area contributed by atoms with Crippen LogP contribution in [0.2, 0.25) is 0 Å². The Labute approximate surface area is 109 Å². The highest BCUT2D eigenvalue weighted by molar-refractivity contribution is 6.13. The number of carbonyl (C=O) groups excluding carboxylic acids is 2. The predicted molar refractivity (Wildman–Crippen MR) is 65.4 cm³/mol. The number of hydrogen-bond donors (Lipinski definition) is 1. The minimum atomic E-state index is -1.27. The SMILES string of the molecule is COC(=O)N(C(=O)OC)c1c(C)cccc1C(=O)O. The van der Waals surface area contributed by atoms with Crippen LogP contribution < -0.4 is 4.90 Å². The minimum absolute atomic E-state index is 0.0753. The van der Waals surface area contributed by atoms with Gasteiger partial charge in [0.2, 0.25) is 0 Å². The molecule has 0 aromatic heterocycles. The fourth-order valence-electron chi connectivity index (χ4n) is 1.57. The second-order valence-corrected chi connectivity index (χ2v) is 3.55. The van der Waals surface area contributed by atoms with Gasteiger partial charge in [0, 0.05) is 0 Å². The minimum Gasteiger partial charge on any atom is -0.478 e. The Morgan fingerprint density at radius 3 is 2.05 bits per heavy atom. The zero-order chi connectivity index (χ0) is 14.6. The molecule has 0 bridgehead atoms. The number of carboxylic acid groups (broad SMARTS) is 1. The van der Waals surface area contributed by atoms with Crippen molar-refractivity contribution in [3.05, 3.63) is 29.3 Å². The molecule has 7 heteroatoms. The molecule has 1 aromatic carbocycles. The molecule has 1 rings (SSSR count). The number of anilines is 1. The van der Waals surface area contributed by atoms with Crippen LogP contribution in [-0.2, 0) is 9.47 Å². The highest BCUT2D eigenvalue weighted by Gasteiger charge is 2.30. The van der Waals surface area contributed by atoms with Gasteiger partial charge in [-0.25, -0.2) is 14.4 Å². The molecule has 1 N–H and O–H groups in total. The van der Waals surface area contributed by atoms with Crippen molar-refractivity contribution in [2.45, 2.75) is 6.92 Å². The van der Waals surface area contributed by atoms with E-state index in [1.54, 1.807) is 13.0 Å². The normalized spacial score (nSPS) is 9.63. The maximum atomic E-state index is 11.6. The number of carboxylic acids is 1. The summed E-state index contributed by atoms with van der Waals surface area (Å²) in [6, 6.07) is 4.36. The number of aryl methyl sites for hydroxylation is 1. The number of amides is 2. The van der Waals surface area contributed by atoms with Crippen LogP contribution in [0.15, 0.2) is 18.2 Å². The maximum absolute atomic E-state index is 11.6. The second-order valence-electron chi connectivity index (χ2n) is 3.55. The summed E-state index contributed by atoms with van der Waals surface area (Å²) >= 11 is 0. The van der Waals surface area contributed by atoms with Crippen molar-refractivity contribution in [3.8, 4) is 0 Å². The zero-order valence-electron chi connectivity index (χ0n) is 10.7. The fraction of sp³-hybridized carbons (Fsp3) is 0.250. The van der Waals surface area contributed by atoms with Gasteiger partial charge in [-0.15, -0.1) is 0 Å². The molecular weight excluding hydrogens is 254 g/mol. The average Bonchev–Trinajstić information content (AvgIpc) is 2.39. The summed E-state index contributed by atoms with van der Waals surface area (Å²) in [5.74, 6) is -1.27. The van der Waals surface area contributed by atoms with Gasteiger partial charge in [-0.2, -0.15) is 4.90 Å². The zero-order valence-corrected chi connectivity index (χ0v) is 10.7. The van der Waals surface area contributed by atoms with E-state index in [1.165, 1.54) is 12.1 Å². The number of aromatic carboxylic acids is 1. The van der Waals surface area contributed by atoms with Gasteiger partial charge in [0.05, 0.1) is 25.5 Å². The van der Waals surface area contributed by atoms with Gasteiger partial charge in [-0.3, -0.25) is 0 Å². The molecule has 0 aliphatic carbocycles. The Balaban J connectivity index is 3.49. The molecule has 102 valence electrons. The van der Waals surface area contributed by atoms with Crippen LogP contribution in [0.25, 0.3) is 0 Å². The van der Waals surface area contributed by atoms with Crippen molar-refractivity contribution < 1.29 is 29.0 Å². The molecule has 0 aliphatic heterocycles. The maximum Gasteiger partial charge on any atom is 0.423 e. The summed E-state index contributed by atoms with van der Waals surface area (Å²) in [6.45, 7) is 1.57. The van der Waals surface area contributed by atoms with E-state index in [0.717, 1.165) is 14.2 Å². The molecule has 7 nitrogen and oxygen atoms in total. The standard InChI is InChI=1S/C12H13NO6/c1-7-5-4-6-8(10(14)15)9(7)13(11(16)18-2)12(17)19-3/h4-6H,1-3H3,(H,14,15). The van der Waals surface area contributed by atoms with Crippen LogP contribution in [-0.4, -0.2) is 37.5 Å². The molecule has 0 saturated carbocycles. The number of rotatable bonds is 2. The summed E-state index contributed by atoms with van der Waals surface area (Å²) < 4.78 is 8.95. The number of carbonyl (C=O) groups is 3. The lowest BCUT2D eigenvalue weighted by Crippen LogP contribution is -2.38. The lowest BCUT2D eigenvalue weighted by atomic mass is 10.1. The van der Waals surface area contributed by atoms with Crippen LogP contribution in [0.1, 0.15) is 15.9 Å². The first kappa shape index (κ1) is 14.5. The van der Waals surface area contributed by atoms with E-state index in [-0.39, 0.29) is 11.3 Å². The molecular formula is C12H13NO6. The number of para-hydroxylation sites is 1.